The van der Waals surface area contributed by atoms with Crippen LogP contribution < -0.4 is 10.1 Å². The number of benzene rings is 2. The molecule has 0 spiro atoms. The van der Waals surface area contributed by atoms with Crippen molar-refractivity contribution in [1.29, 1.82) is 0 Å². The fourth-order valence-electron chi connectivity index (χ4n) is 3.34. The van der Waals surface area contributed by atoms with Crippen molar-refractivity contribution in [2.24, 2.45) is 0 Å². The lowest BCUT2D eigenvalue weighted by molar-refractivity contribution is 0.291. The summed E-state index contributed by atoms with van der Waals surface area (Å²) in [5, 5.41) is 7.01. The molecule has 0 amide bonds. The fourth-order valence-corrected chi connectivity index (χ4v) is 4.26. The van der Waals surface area contributed by atoms with Crippen LogP contribution in [0.15, 0.2) is 41.8 Å². The summed E-state index contributed by atoms with van der Waals surface area (Å²) < 4.78 is 7.24. The molecule has 0 saturated carbocycles. The van der Waals surface area contributed by atoms with Gasteiger partial charge in [0.15, 0.2) is 0 Å². The van der Waals surface area contributed by atoms with Gasteiger partial charge >= 0.3 is 0 Å². The summed E-state index contributed by atoms with van der Waals surface area (Å²) in [6, 6.07) is 13.2. The van der Waals surface area contributed by atoms with Crippen molar-refractivity contribution in [1.82, 2.24) is 0 Å². The SMILES string of the molecule is CC(C)(C)c1ccc(Nc2csc3cc4c(cc23)OCC4(C)C)cc1. The minimum absolute atomic E-state index is 0.101. The zero-order valence-corrected chi connectivity index (χ0v) is 16.4. The van der Waals surface area contributed by atoms with Crippen molar-refractivity contribution in [2.75, 3.05) is 11.9 Å². The number of hydrogen-bond acceptors (Lipinski definition) is 3. The molecule has 0 unspecified atom stereocenters. The zero-order valence-electron chi connectivity index (χ0n) is 15.6. The molecule has 3 heteroatoms. The van der Waals surface area contributed by atoms with E-state index in [4.69, 9.17) is 4.74 Å². The first-order valence-electron chi connectivity index (χ1n) is 8.80. The summed E-state index contributed by atoms with van der Waals surface area (Å²) in [5.74, 6) is 1.03. The maximum absolute atomic E-state index is 5.93. The number of nitrogens with one attached hydrogen (secondary N) is 1. The molecule has 0 radical (unpaired) electrons. The number of fused-ring (bicyclic) bond motifs is 2. The number of ether oxygens (including phenoxy) is 1. The first-order valence-corrected chi connectivity index (χ1v) is 9.68. The predicted molar refractivity (Wildman–Crippen MR) is 109 cm³/mol. The van der Waals surface area contributed by atoms with Crippen LogP contribution in [0.25, 0.3) is 10.1 Å². The molecular formula is C22H25NOS. The molecule has 0 atom stereocenters. The third kappa shape index (κ3) is 2.91. The Balaban J connectivity index is 1.67. The monoisotopic (exact) mass is 351 g/mol. The largest absolute Gasteiger partial charge is 0.492 e. The van der Waals surface area contributed by atoms with Crippen LogP contribution >= 0.6 is 11.3 Å². The van der Waals surface area contributed by atoms with Gasteiger partial charge in [0.25, 0.3) is 0 Å². The maximum Gasteiger partial charge on any atom is 0.123 e. The molecule has 0 aliphatic carbocycles. The first kappa shape index (κ1) is 16.5. The standard InChI is InChI=1S/C22H25NOS/c1-21(2,3)14-6-8-15(9-7-14)23-18-12-25-20-11-17-19(10-16(18)20)24-13-22(17,4)5/h6-12,23H,13H2,1-5H3. The summed E-state index contributed by atoms with van der Waals surface area (Å²) in [7, 11) is 0. The van der Waals surface area contributed by atoms with Crippen molar-refractivity contribution in [3.63, 3.8) is 0 Å². The van der Waals surface area contributed by atoms with Crippen LogP contribution in [0.4, 0.5) is 11.4 Å². The normalized spacial score (nSPS) is 15.9. The van der Waals surface area contributed by atoms with Gasteiger partial charge in [0.05, 0.1) is 12.3 Å². The summed E-state index contributed by atoms with van der Waals surface area (Å²) >= 11 is 1.79. The smallest absolute Gasteiger partial charge is 0.123 e. The molecule has 0 bridgehead atoms. The summed E-state index contributed by atoms with van der Waals surface area (Å²) in [4.78, 5) is 0. The maximum atomic E-state index is 5.93. The minimum atomic E-state index is 0.101. The number of thiophene rings is 1. The Hall–Kier alpha value is -2.00. The molecule has 0 fully saturated rings. The molecule has 2 aromatic carbocycles. The quantitative estimate of drug-likeness (QED) is 0.560. The van der Waals surface area contributed by atoms with Crippen molar-refractivity contribution < 1.29 is 4.74 Å². The number of hydrogen-bond donors (Lipinski definition) is 1. The summed E-state index contributed by atoms with van der Waals surface area (Å²) in [5.41, 5.74) is 5.22. The van der Waals surface area contributed by atoms with Gasteiger partial charge < -0.3 is 10.1 Å². The van der Waals surface area contributed by atoms with Crippen molar-refractivity contribution in [3.05, 3.63) is 52.9 Å². The van der Waals surface area contributed by atoms with Crippen LogP contribution in [0.2, 0.25) is 0 Å². The molecule has 1 aliphatic heterocycles. The van der Waals surface area contributed by atoms with Gasteiger partial charge in [-0.3, -0.25) is 0 Å². The Labute approximate surface area is 153 Å². The van der Waals surface area contributed by atoms with Crippen LogP contribution in [-0.4, -0.2) is 6.61 Å². The molecule has 1 aromatic heterocycles. The Bertz CT molecular complexity index is 929. The molecule has 0 saturated heterocycles. The second-order valence-electron chi connectivity index (χ2n) is 8.62. The van der Waals surface area contributed by atoms with E-state index >= 15 is 0 Å². The van der Waals surface area contributed by atoms with Gasteiger partial charge in [-0.25, -0.2) is 0 Å². The van der Waals surface area contributed by atoms with Gasteiger partial charge in [-0.2, -0.15) is 0 Å². The van der Waals surface area contributed by atoms with E-state index in [1.165, 1.54) is 21.2 Å². The average Bonchev–Trinajstić information content (AvgIpc) is 3.07. The highest BCUT2D eigenvalue weighted by molar-refractivity contribution is 7.17. The van der Waals surface area contributed by atoms with Gasteiger partial charge in [0.1, 0.15) is 5.75 Å². The van der Waals surface area contributed by atoms with Crippen molar-refractivity contribution in [2.45, 2.75) is 45.4 Å². The Kier molecular flexibility index (Phi) is 3.62. The number of rotatable bonds is 2. The van der Waals surface area contributed by atoms with Crippen LogP contribution in [0.1, 0.15) is 45.7 Å². The lowest BCUT2D eigenvalue weighted by atomic mass is 9.87. The molecule has 1 aliphatic rings. The molecule has 2 heterocycles. The Morgan fingerprint density at radius 1 is 1.08 bits per heavy atom. The minimum Gasteiger partial charge on any atom is -0.492 e. The zero-order chi connectivity index (χ0) is 17.8. The van der Waals surface area contributed by atoms with E-state index in [1.807, 2.05) is 0 Å². The highest BCUT2D eigenvalue weighted by Crippen LogP contribution is 2.44. The molecule has 25 heavy (non-hydrogen) atoms. The van der Waals surface area contributed by atoms with E-state index in [1.54, 1.807) is 11.3 Å². The van der Waals surface area contributed by atoms with E-state index in [9.17, 15) is 0 Å². The average molecular weight is 352 g/mol. The first-order chi connectivity index (χ1) is 11.7. The highest BCUT2D eigenvalue weighted by Gasteiger charge is 2.32. The fraction of sp³-hybridized carbons (Fsp3) is 0.364. The van der Waals surface area contributed by atoms with E-state index in [0.717, 1.165) is 23.7 Å². The van der Waals surface area contributed by atoms with E-state index in [2.05, 4.69) is 81.7 Å². The topological polar surface area (TPSA) is 21.3 Å². The highest BCUT2D eigenvalue weighted by atomic mass is 32.1. The summed E-state index contributed by atoms with van der Waals surface area (Å²) in [6.07, 6.45) is 0. The second kappa shape index (κ2) is 5.50. The third-order valence-electron chi connectivity index (χ3n) is 5.02. The van der Waals surface area contributed by atoms with Gasteiger partial charge in [-0.15, -0.1) is 11.3 Å². The Morgan fingerprint density at radius 3 is 2.48 bits per heavy atom. The van der Waals surface area contributed by atoms with Crippen molar-refractivity contribution in [3.8, 4) is 5.75 Å². The van der Waals surface area contributed by atoms with Crippen LogP contribution in [0.3, 0.4) is 0 Å². The van der Waals surface area contributed by atoms with Gasteiger partial charge in [-0.05, 0) is 35.2 Å². The molecule has 4 rings (SSSR count). The van der Waals surface area contributed by atoms with Crippen LogP contribution in [0.5, 0.6) is 5.75 Å². The van der Waals surface area contributed by atoms with E-state index < -0.39 is 0 Å². The summed E-state index contributed by atoms with van der Waals surface area (Å²) in [6.45, 7) is 12.0. The van der Waals surface area contributed by atoms with E-state index in [0.29, 0.717) is 0 Å². The second-order valence-corrected chi connectivity index (χ2v) is 9.53. The lowest BCUT2D eigenvalue weighted by Gasteiger charge is -2.19. The third-order valence-corrected chi connectivity index (χ3v) is 5.97. The molecule has 3 aromatic rings. The molecule has 2 nitrogen and oxygen atoms in total. The van der Waals surface area contributed by atoms with Crippen LogP contribution in [-0.2, 0) is 10.8 Å². The molecular weight excluding hydrogens is 326 g/mol. The number of anilines is 2. The van der Waals surface area contributed by atoms with Crippen LogP contribution in [0, 0.1) is 0 Å². The predicted octanol–water partition coefficient (Wildman–Crippen LogP) is 6.61. The Morgan fingerprint density at radius 2 is 1.80 bits per heavy atom. The van der Waals surface area contributed by atoms with E-state index in [-0.39, 0.29) is 10.8 Å². The van der Waals surface area contributed by atoms with Gasteiger partial charge in [0.2, 0.25) is 0 Å². The van der Waals surface area contributed by atoms with Gasteiger partial charge in [-0.1, -0.05) is 46.8 Å². The van der Waals surface area contributed by atoms with Gasteiger partial charge in [0, 0.05) is 32.1 Å². The molecule has 1 N–H and O–H groups in total. The lowest BCUT2D eigenvalue weighted by Crippen LogP contribution is -2.18. The van der Waals surface area contributed by atoms with Crippen molar-refractivity contribution >= 4 is 32.8 Å². The molecule has 130 valence electrons.